The minimum absolute atomic E-state index is 0.160. The van der Waals surface area contributed by atoms with Gasteiger partial charge in [-0.15, -0.1) is 0 Å². The van der Waals surface area contributed by atoms with Crippen LogP contribution in [0, 0.1) is 5.82 Å². The first-order valence-corrected chi connectivity index (χ1v) is 10.3. The molecule has 33 heavy (non-hydrogen) atoms. The first-order valence-electron chi connectivity index (χ1n) is 10.3. The smallest absolute Gasteiger partial charge is 0.339 e. The van der Waals surface area contributed by atoms with Gasteiger partial charge in [0.25, 0.3) is 5.91 Å². The summed E-state index contributed by atoms with van der Waals surface area (Å²) in [6.45, 7) is 0.202. The quantitative estimate of drug-likeness (QED) is 0.371. The maximum atomic E-state index is 13.1. The molecule has 166 valence electrons. The van der Waals surface area contributed by atoms with Crippen molar-refractivity contribution in [2.45, 2.75) is 13.2 Å². The van der Waals surface area contributed by atoms with Crippen LogP contribution in [0.2, 0.25) is 0 Å². The number of rotatable bonds is 7. The van der Waals surface area contributed by atoms with Gasteiger partial charge in [-0.3, -0.25) is 4.79 Å². The van der Waals surface area contributed by atoms with Crippen LogP contribution in [0.5, 0.6) is 0 Å². The van der Waals surface area contributed by atoms with E-state index in [1.807, 2.05) is 30.3 Å². The maximum Gasteiger partial charge on any atom is 0.339 e. The van der Waals surface area contributed by atoms with E-state index in [9.17, 15) is 14.0 Å². The van der Waals surface area contributed by atoms with Gasteiger partial charge in [0.2, 0.25) is 5.89 Å². The molecule has 0 atom stereocenters. The SMILES string of the molecule is CN(Cc1ccccc1)C(=O)c1ccccc1C(=O)OCc1ncc(-c2ccc(F)cc2)o1. The molecule has 3 aromatic carbocycles. The highest BCUT2D eigenvalue weighted by Crippen LogP contribution is 2.21. The molecule has 4 rings (SSSR count). The summed E-state index contributed by atoms with van der Waals surface area (Å²) in [6.07, 6.45) is 1.48. The van der Waals surface area contributed by atoms with Gasteiger partial charge in [-0.1, -0.05) is 42.5 Å². The molecule has 0 aliphatic rings. The van der Waals surface area contributed by atoms with Crippen LogP contribution in [0.4, 0.5) is 4.39 Å². The van der Waals surface area contributed by atoms with Gasteiger partial charge in [0.05, 0.1) is 17.3 Å². The van der Waals surface area contributed by atoms with Gasteiger partial charge in [-0.2, -0.15) is 0 Å². The number of benzene rings is 3. The van der Waals surface area contributed by atoms with Gasteiger partial charge in [-0.25, -0.2) is 14.2 Å². The Morgan fingerprint density at radius 2 is 1.61 bits per heavy atom. The number of hydrogen-bond donors (Lipinski definition) is 0. The molecule has 0 spiro atoms. The first-order chi connectivity index (χ1) is 16.0. The van der Waals surface area contributed by atoms with E-state index in [2.05, 4.69) is 4.98 Å². The van der Waals surface area contributed by atoms with Crippen LogP contribution in [0.15, 0.2) is 89.5 Å². The Labute approximate surface area is 190 Å². The van der Waals surface area contributed by atoms with Crippen molar-refractivity contribution in [3.8, 4) is 11.3 Å². The highest BCUT2D eigenvalue weighted by Gasteiger charge is 2.21. The van der Waals surface area contributed by atoms with E-state index in [0.29, 0.717) is 17.9 Å². The molecule has 6 nitrogen and oxygen atoms in total. The third-order valence-electron chi connectivity index (χ3n) is 5.00. The summed E-state index contributed by atoms with van der Waals surface area (Å²) >= 11 is 0. The molecule has 0 aliphatic carbocycles. The second-order valence-corrected chi connectivity index (χ2v) is 7.39. The molecule has 1 heterocycles. The molecular formula is C26H21FN2O4. The van der Waals surface area contributed by atoms with Crippen LogP contribution in [0.25, 0.3) is 11.3 Å². The molecule has 7 heteroatoms. The summed E-state index contributed by atoms with van der Waals surface area (Å²) < 4.78 is 24.0. The Morgan fingerprint density at radius 1 is 0.939 bits per heavy atom. The van der Waals surface area contributed by atoms with Crippen LogP contribution in [-0.2, 0) is 17.9 Å². The lowest BCUT2D eigenvalue weighted by atomic mass is 10.1. The summed E-state index contributed by atoms with van der Waals surface area (Å²) in [5, 5.41) is 0. The Morgan fingerprint density at radius 3 is 2.33 bits per heavy atom. The molecule has 1 aromatic heterocycles. The Balaban J connectivity index is 1.43. The average molecular weight is 444 g/mol. The second-order valence-electron chi connectivity index (χ2n) is 7.39. The number of amides is 1. The fourth-order valence-corrected chi connectivity index (χ4v) is 3.31. The highest BCUT2D eigenvalue weighted by atomic mass is 19.1. The zero-order chi connectivity index (χ0) is 23.2. The monoisotopic (exact) mass is 444 g/mol. The van der Waals surface area contributed by atoms with E-state index in [1.54, 1.807) is 48.3 Å². The number of esters is 1. The highest BCUT2D eigenvalue weighted by molar-refractivity contribution is 6.05. The Hall–Kier alpha value is -4.26. The van der Waals surface area contributed by atoms with Crippen molar-refractivity contribution >= 4 is 11.9 Å². The lowest BCUT2D eigenvalue weighted by molar-refractivity contribution is 0.0434. The summed E-state index contributed by atoms with van der Waals surface area (Å²) in [7, 11) is 1.68. The van der Waals surface area contributed by atoms with Crippen LogP contribution in [0.3, 0.4) is 0 Å². The Kier molecular flexibility index (Phi) is 6.59. The lowest BCUT2D eigenvalue weighted by Crippen LogP contribution is -2.28. The van der Waals surface area contributed by atoms with E-state index >= 15 is 0 Å². The molecule has 0 aliphatic heterocycles. The van der Waals surface area contributed by atoms with Crippen LogP contribution < -0.4 is 0 Å². The van der Waals surface area contributed by atoms with Crippen LogP contribution in [0.1, 0.15) is 32.2 Å². The van der Waals surface area contributed by atoms with Crippen molar-refractivity contribution in [2.75, 3.05) is 7.05 Å². The molecule has 0 radical (unpaired) electrons. The van der Waals surface area contributed by atoms with Crippen LogP contribution in [-0.4, -0.2) is 28.8 Å². The average Bonchev–Trinajstić information content (AvgIpc) is 3.32. The van der Waals surface area contributed by atoms with Gasteiger partial charge in [0, 0.05) is 19.2 Å². The molecule has 4 aromatic rings. The van der Waals surface area contributed by atoms with Crippen molar-refractivity contribution in [1.82, 2.24) is 9.88 Å². The fourth-order valence-electron chi connectivity index (χ4n) is 3.31. The third-order valence-corrected chi connectivity index (χ3v) is 5.00. The zero-order valence-corrected chi connectivity index (χ0v) is 17.9. The normalized spacial score (nSPS) is 10.6. The topological polar surface area (TPSA) is 72.6 Å². The van der Waals surface area contributed by atoms with Crippen molar-refractivity contribution in [1.29, 1.82) is 0 Å². The van der Waals surface area contributed by atoms with Gasteiger partial charge >= 0.3 is 5.97 Å². The minimum atomic E-state index is -0.659. The summed E-state index contributed by atoms with van der Waals surface area (Å²) in [5.41, 5.74) is 2.04. The minimum Gasteiger partial charge on any atom is -0.452 e. The largest absolute Gasteiger partial charge is 0.452 e. The van der Waals surface area contributed by atoms with Gasteiger partial charge in [0.15, 0.2) is 12.4 Å². The number of nitrogens with zero attached hydrogens (tertiary/aromatic N) is 2. The maximum absolute atomic E-state index is 13.1. The van der Waals surface area contributed by atoms with Crippen molar-refractivity contribution in [2.24, 2.45) is 0 Å². The Bertz CT molecular complexity index is 1250. The molecule has 0 unspecified atom stereocenters. The van der Waals surface area contributed by atoms with E-state index in [1.165, 1.54) is 18.3 Å². The van der Waals surface area contributed by atoms with Crippen molar-refractivity contribution in [3.63, 3.8) is 0 Å². The summed E-state index contributed by atoms with van der Waals surface area (Å²) in [4.78, 5) is 31.4. The van der Waals surface area contributed by atoms with E-state index in [-0.39, 0.29) is 35.3 Å². The number of oxazole rings is 1. The number of aromatic nitrogens is 1. The zero-order valence-electron chi connectivity index (χ0n) is 17.9. The molecule has 0 saturated heterocycles. The van der Waals surface area contributed by atoms with Gasteiger partial charge in [-0.05, 0) is 42.0 Å². The van der Waals surface area contributed by atoms with E-state index < -0.39 is 5.97 Å². The molecule has 0 N–H and O–H groups in total. The molecule has 0 fully saturated rings. The van der Waals surface area contributed by atoms with E-state index in [0.717, 1.165) is 5.56 Å². The van der Waals surface area contributed by atoms with Gasteiger partial charge < -0.3 is 14.1 Å². The summed E-state index contributed by atoms with van der Waals surface area (Å²) in [5.74, 6) is -0.684. The lowest BCUT2D eigenvalue weighted by Gasteiger charge is -2.18. The second kappa shape index (κ2) is 9.91. The third kappa shape index (κ3) is 5.33. The number of ether oxygens (including phenoxy) is 1. The fraction of sp³-hybridized carbons (Fsp3) is 0.115. The number of halogens is 1. The molecule has 0 saturated carbocycles. The van der Waals surface area contributed by atoms with Crippen molar-refractivity contribution < 1.29 is 23.1 Å². The number of carbonyl (C=O) groups excluding carboxylic acids is 2. The molecule has 0 bridgehead atoms. The number of hydrogen-bond acceptors (Lipinski definition) is 5. The van der Waals surface area contributed by atoms with Crippen LogP contribution >= 0.6 is 0 Å². The first kappa shape index (κ1) is 22.0. The van der Waals surface area contributed by atoms with E-state index in [4.69, 9.17) is 9.15 Å². The summed E-state index contributed by atoms with van der Waals surface area (Å²) in [6, 6.07) is 21.9. The molecule has 1 amide bonds. The predicted molar refractivity (Wildman–Crippen MR) is 120 cm³/mol. The number of carbonyl (C=O) groups is 2. The standard InChI is InChI=1S/C26H21FN2O4/c1-29(16-18-7-3-2-4-8-18)25(30)21-9-5-6-10-22(21)26(31)32-17-24-28-15-23(33-24)19-11-13-20(27)14-12-19/h2-15H,16-17H2,1H3. The van der Waals surface area contributed by atoms with Gasteiger partial charge in [0.1, 0.15) is 5.82 Å². The molecular weight excluding hydrogens is 423 g/mol. The van der Waals surface area contributed by atoms with Crippen molar-refractivity contribution in [3.05, 3.63) is 113 Å². The predicted octanol–water partition coefficient (Wildman–Crippen LogP) is 5.11.